The van der Waals surface area contributed by atoms with Crippen LogP contribution in [0.25, 0.3) is 0 Å². The molecular weight excluding hydrogens is 348 g/mol. The first-order valence-electron chi connectivity index (χ1n) is 7.69. The van der Waals surface area contributed by atoms with Crippen LogP contribution in [0.1, 0.15) is 23.4 Å². The minimum absolute atomic E-state index is 0.235. The van der Waals surface area contributed by atoms with Gasteiger partial charge in [0.15, 0.2) is 0 Å². The number of carbonyl (C=O) groups excluding carboxylic acids is 1. The molecule has 0 aliphatic carbocycles. The smallest absolute Gasteiger partial charge is 0.250 e. The summed E-state index contributed by atoms with van der Waals surface area (Å²) in [5, 5.41) is 4.26. The monoisotopic (exact) mass is 368 g/mol. The van der Waals surface area contributed by atoms with Crippen molar-refractivity contribution in [3.05, 3.63) is 28.8 Å². The van der Waals surface area contributed by atoms with Crippen molar-refractivity contribution in [1.29, 1.82) is 0 Å². The fraction of sp³-hybridized carbons (Fsp3) is 0.467. The van der Waals surface area contributed by atoms with Gasteiger partial charge in [0.05, 0.1) is 5.69 Å². The van der Waals surface area contributed by atoms with Gasteiger partial charge in [0.2, 0.25) is 5.91 Å². The maximum absolute atomic E-state index is 12.8. The fourth-order valence-corrected chi connectivity index (χ4v) is 5.39. The van der Waals surface area contributed by atoms with E-state index in [1.165, 1.54) is 11.3 Å². The van der Waals surface area contributed by atoms with Gasteiger partial charge in [0.25, 0.3) is 10.0 Å². The van der Waals surface area contributed by atoms with Crippen LogP contribution in [0.15, 0.2) is 22.4 Å². The summed E-state index contributed by atoms with van der Waals surface area (Å²) in [6.07, 6.45) is 1.22. The maximum Gasteiger partial charge on any atom is 0.250 e. The number of amides is 1. The van der Waals surface area contributed by atoms with Crippen LogP contribution in [-0.2, 0) is 21.9 Å². The molecular formula is C15H20N4O3S2. The van der Waals surface area contributed by atoms with E-state index in [4.69, 9.17) is 0 Å². The highest BCUT2D eigenvalue weighted by atomic mass is 32.2. The Morgan fingerprint density at radius 2 is 2.08 bits per heavy atom. The standard InChI is InChI=1S/C15H20N4O3S2/c1-10-9-13(18(3)16-10)19-8-4-5-12(15(19)20)17-24(21,22)14-7-6-11(2)23-14/h6-7,9,12,17H,4-5,8H2,1-3H3/t12-/m1/s1. The molecule has 130 valence electrons. The Labute approximate surface area is 145 Å². The lowest BCUT2D eigenvalue weighted by Crippen LogP contribution is -2.52. The average molecular weight is 368 g/mol. The summed E-state index contributed by atoms with van der Waals surface area (Å²) in [6, 6.07) is 4.41. The van der Waals surface area contributed by atoms with E-state index >= 15 is 0 Å². The third-order valence-corrected chi connectivity index (χ3v) is 6.93. The van der Waals surface area contributed by atoms with Crippen LogP contribution in [0.3, 0.4) is 0 Å². The van der Waals surface area contributed by atoms with Crippen LogP contribution in [0.5, 0.6) is 0 Å². The van der Waals surface area contributed by atoms with E-state index in [0.717, 1.165) is 17.0 Å². The number of anilines is 1. The number of aromatic nitrogens is 2. The maximum atomic E-state index is 12.8. The molecule has 3 rings (SSSR count). The Bertz CT molecular complexity index is 869. The molecule has 3 heterocycles. The molecule has 0 spiro atoms. The van der Waals surface area contributed by atoms with E-state index in [9.17, 15) is 13.2 Å². The summed E-state index contributed by atoms with van der Waals surface area (Å²) in [5.41, 5.74) is 0.817. The van der Waals surface area contributed by atoms with Gasteiger partial charge in [-0.25, -0.2) is 8.42 Å². The van der Waals surface area contributed by atoms with Gasteiger partial charge >= 0.3 is 0 Å². The average Bonchev–Trinajstić information content (AvgIpc) is 3.07. The van der Waals surface area contributed by atoms with Crippen molar-refractivity contribution in [1.82, 2.24) is 14.5 Å². The second kappa shape index (κ2) is 6.30. The third kappa shape index (κ3) is 3.24. The quantitative estimate of drug-likeness (QED) is 0.888. The molecule has 1 amide bonds. The Balaban J connectivity index is 1.82. The summed E-state index contributed by atoms with van der Waals surface area (Å²) in [7, 11) is -1.91. The van der Waals surface area contributed by atoms with Gasteiger partial charge in [-0.1, -0.05) is 0 Å². The van der Waals surface area contributed by atoms with E-state index < -0.39 is 16.1 Å². The van der Waals surface area contributed by atoms with Crippen molar-refractivity contribution in [3.63, 3.8) is 0 Å². The van der Waals surface area contributed by atoms with Crippen LogP contribution < -0.4 is 9.62 Å². The minimum atomic E-state index is -3.68. The molecule has 0 aromatic carbocycles. The fourth-order valence-electron chi connectivity index (χ4n) is 2.86. The highest BCUT2D eigenvalue weighted by molar-refractivity contribution is 7.91. The second-order valence-corrected chi connectivity index (χ2v) is 9.17. The van der Waals surface area contributed by atoms with Crippen LogP contribution in [0, 0.1) is 13.8 Å². The van der Waals surface area contributed by atoms with E-state index in [0.29, 0.717) is 18.8 Å². The summed E-state index contributed by atoms with van der Waals surface area (Å²) in [5.74, 6) is 0.453. The predicted octanol–water partition coefficient (Wildman–Crippen LogP) is 1.57. The molecule has 24 heavy (non-hydrogen) atoms. The topological polar surface area (TPSA) is 84.3 Å². The lowest BCUT2D eigenvalue weighted by Gasteiger charge is -2.32. The zero-order chi connectivity index (χ0) is 17.5. The highest BCUT2D eigenvalue weighted by Gasteiger charge is 2.34. The molecule has 1 atom stereocenters. The van der Waals surface area contributed by atoms with Crippen molar-refractivity contribution in [2.24, 2.45) is 7.05 Å². The molecule has 0 unspecified atom stereocenters. The first-order valence-corrected chi connectivity index (χ1v) is 9.99. The molecule has 2 aromatic rings. The summed E-state index contributed by atoms with van der Waals surface area (Å²) in [4.78, 5) is 15.3. The summed E-state index contributed by atoms with van der Waals surface area (Å²) >= 11 is 1.20. The Morgan fingerprint density at radius 1 is 1.33 bits per heavy atom. The number of hydrogen-bond donors (Lipinski definition) is 1. The predicted molar refractivity (Wildman–Crippen MR) is 92.7 cm³/mol. The molecule has 7 nitrogen and oxygen atoms in total. The number of hydrogen-bond acceptors (Lipinski definition) is 5. The first-order chi connectivity index (χ1) is 11.3. The summed E-state index contributed by atoms with van der Waals surface area (Å²) in [6.45, 7) is 4.27. The van der Waals surface area contributed by atoms with Crippen molar-refractivity contribution >= 4 is 33.1 Å². The van der Waals surface area contributed by atoms with Gasteiger partial charge in [-0.15, -0.1) is 11.3 Å². The molecule has 2 aromatic heterocycles. The van der Waals surface area contributed by atoms with Crippen molar-refractivity contribution in [2.45, 2.75) is 36.9 Å². The van der Waals surface area contributed by atoms with Crippen LogP contribution in [-0.4, -0.2) is 36.7 Å². The molecule has 1 aliphatic heterocycles. The van der Waals surface area contributed by atoms with E-state index in [1.807, 2.05) is 19.9 Å². The van der Waals surface area contributed by atoms with Gasteiger partial charge in [0.1, 0.15) is 16.1 Å². The molecule has 0 radical (unpaired) electrons. The summed E-state index contributed by atoms with van der Waals surface area (Å²) < 4.78 is 29.4. The van der Waals surface area contributed by atoms with Gasteiger partial charge in [-0.05, 0) is 38.8 Å². The van der Waals surface area contributed by atoms with Gasteiger partial charge in [-0.2, -0.15) is 9.82 Å². The van der Waals surface area contributed by atoms with E-state index in [2.05, 4.69) is 9.82 Å². The Kier molecular flexibility index (Phi) is 4.50. The van der Waals surface area contributed by atoms with Crippen molar-refractivity contribution < 1.29 is 13.2 Å². The number of piperidine rings is 1. The number of nitrogens with zero attached hydrogens (tertiary/aromatic N) is 3. The number of aryl methyl sites for hydroxylation is 3. The van der Waals surface area contributed by atoms with Gasteiger partial charge in [-0.3, -0.25) is 14.4 Å². The molecule has 1 saturated heterocycles. The zero-order valence-electron chi connectivity index (χ0n) is 13.8. The first kappa shape index (κ1) is 17.1. The lowest BCUT2D eigenvalue weighted by molar-refractivity contribution is -0.121. The van der Waals surface area contributed by atoms with Crippen LogP contribution in [0.2, 0.25) is 0 Å². The lowest BCUT2D eigenvalue weighted by atomic mass is 10.1. The van der Waals surface area contributed by atoms with Crippen LogP contribution >= 0.6 is 11.3 Å². The normalized spacial score (nSPS) is 19.0. The minimum Gasteiger partial charge on any atom is -0.296 e. The molecule has 0 bridgehead atoms. The number of sulfonamides is 1. The third-order valence-electron chi connectivity index (χ3n) is 3.97. The van der Waals surface area contributed by atoms with Gasteiger partial charge < -0.3 is 0 Å². The van der Waals surface area contributed by atoms with Gasteiger partial charge in [0, 0.05) is 24.5 Å². The van der Waals surface area contributed by atoms with Crippen molar-refractivity contribution in [2.75, 3.05) is 11.4 Å². The van der Waals surface area contributed by atoms with Crippen LogP contribution in [0.4, 0.5) is 5.82 Å². The molecule has 1 aliphatic rings. The van der Waals surface area contributed by atoms with Crippen molar-refractivity contribution in [3.8, 4) is 0 Å². The Hall–Kier alpha value is -1.71. The largest absolute Gasteiger partial charge is 0.296 e. The SMILES string of the molecule is Cc1cc(N2CCC[C@@H](NS(=O)(=O)c3ccc(C)s3)C2=O)n(C)n1. The number of carbonyl (C=O) groups is 1. The molecule has 0 saturated carbocycles. The number of nitrogens with one attached hydrogen (secondary N) is 1. The number of rotatable bonds is 4. The Morgan fingerprint density at radius 3 is 2.67 bits per heavy atom. The van der Waals surface area contributed by atoms with E-state index in [-0.39, 0.29) is 10.1 Å². The molecule has 9 heteroatoms. The van der Waals surface area contributed by atoms with E-state index in [1.54, 1.807) is 28.8 Å². The zero-order valence-corrected chi connectivity index (χ0v) is 15.4. The second-order valence-electron chi connectivity index (χ2n) is 5.94. The highest BCUT2D eigenvalue weighted by Crippen LogP contribution is 2.24. The molecule has 1 N–H and O–H groups in total. The number of thiophene rings is 1. The molecule has 1 fully saturated rings.